The minimum atomic E-state index is -4.10. The number of pyridine rings is 1. The van der Waals surface area contributed by atoms with Crippen LogP contribution in [0.25, 0.3) is 0 Å². The van der Waals surface area contributed by atoms with Crippen LogP contribution in [0.15, 0.2) is 6.07 Å². The monoisotopic (exact) mass is 311 g/mol. The van der Waals surface area contributed by atoms with Crippen molar-refractivity contribution in [2.75, 3.05) is 11.9 Å². The maximum absolute atomic E-state index is 12.7. The molecule has 1 aromatic rings. The number of nitrogens with zero attached hydrogens (tertiary/aromatic N) is 3. The first-order valence-electron chi connectivity index (χ1n) is 7.42. The van der Waals surface area contributed by atoms with E-state index in [2.05, 4.69) is 11.1 Å². The number of alkyl halides is 3. The lowest BCUT2D eigenvalue weighted by atomic mass is 9.85. The molecule has 0 spiro atoms. The summed E-state index contributed by atoms with van der Waals surface area (Å²) in [6.07, 6.45) is -2.86. The summed E-state index contributed by atoms with van der Waals surface area (Å²) in [4.78, 5) is 6.31. The molecule has 0 bridgehead atoms. The Labute approximate surface area is 128 Å². The summed E-state index contributed by atoms with van der Waals surface area (Å²) in [6, 6.07) is 4.00. The molecule has 0 unspecified atom stereocenters. The van der Waals surface area contributed by atoms with Gasteiger partial charge in [0.25, 0.3) is 0 Å². The number of aromatic nitrogens is 1. The third-order valence-electron chi connectivity index (χ3n) is 4.48. The van der Waals surface area contributed by atoms with Crippen LogP contribution in [0.4, 0.5) is 19.0 Å². The van der Waals surface area contributed by atoms with Gasteiger partial charge in [0.05, 0.1) is 11.5 Å². The van der Waals surface area contributed by atoms with Crippen LogP contribution in [0.5, 0.6) is 0 Å². The van der Waals surface area contributed by atoms with Gasteiger partial charge in [0, 0.05) is 18.8 Å². The predicted molar refractivity (Wildman–Crippen MR) is 78.6 cm³/mol. The van der Waals surface area contributed by atoms with E-state index >= 15 is 0 Å². The van der Waals surface area contributed by atoms with Crippen molar-refractivity contribution in [1.29, 1.82) is 5.26 Å². The Bertz CT molecular complexity index is 582. The molecule has 0 amide bonds. The normalized spacial score (nSPS) is 22.2. The number of hydrogen-bond acceptors (Lipinski definition) is 3. The van der Waals surface area contributed by atoms with E-state index in [0.717, 1.165) is 11.3 Å². The number of aryl methyl sites for hydroxylation is 2. The minimum Gasteiger partial charge on any atom is -0.356 e. The van der Waals surface area contributed by atoms with Crippen LogP contribution < -0.4 is 4.90 Å². The summed E-state index contributed by atoms with van der Waals surface area (Å²) < 4.78 is 38.2. The van der Waals surface area contributed by atoms with Crippen molar-refractivity contribution in [2.45, 2.75) is 51.7 Å². The van der Waals surface area contributed by atoms with Crippen molar-refractivity contribution in [2.24, 2.45) is 5.92 Å². The molecule has 1 aromatic heterocycles. The number of halogens is 3. The molecule has 0 N–H and O–H groups in total. The Morgan fingerprint density at radius 3 is 2.32 bits per heavy atom. The van der Waals surface area contributed by atoms with Crippen molar-refractivity contribution < 1.29 is 13.2 Å². The van der Waals surface area contributed by atoms with Gasteiger partial charge in [0.1, 0.15) is 11.9 Å². The lowest BCUT2D eigenvalue weighted by Crippen LogP contribution is -2.39. The second-order valence-corrected chi connectivity index (χ2v) is 6.05. The van der Waals surface area contributed by atoms with E-state index in [0.29, 0.717) is 24.2 Å². The molecule has 0 aromatic carbocycles. The van der Waals surface area contributed by atoms with E-state index in [4.69, 9.17) is 0 Å². The highest BCUT2D eigenvalue weighted by atomic mass is 19.4. The highest BCUT2D eigenvalue weighted by molar-refractivity contribution is 5.58. The molecule has 2 rings (SSSR count). The number of nitriles is 1. The van der Waals surface area contributed by atoms with Crippen LogP contribution >= 0.6 is 0 Å². The third kappa shape index (κ3) is 3.34. The Morgan fingerprint density at radius 1 is 1.23 bits per heavy atom. The Hall–Kier alpha value is -1.77. The first kappa shape index (κ1) is 16.6. The van der Waals surface area contributed by atoms with Crippen LogP contribution in [-0.2, 0) is 0 Å². The van der Waals surface area contributed by atoms with Gasteiger partial charge in [-0.3, -0.25) is 0 Å². The van der Waals surface area contributed by atoms with Gasteiger partial charge >= 0.3 is 6.18 Å². The zero-order valence-corrected chi connectivity index (χ0v) is 13.0. The van der Waals surface area contributed by atoms with Gasteiger partial charge in [-0.1, -0.05) is 0 Å². The summed E-state index contributed by atoms with van der Waals surface area (Å²) >= 11 is 0. The standard InChI is InChI=1S/C16H20F3N3/c1-10-8-11(2)21-15(14(10)9-20)22(3)13-6-4-12(5-7-13)16(17,18)19/h8,12-13H,4-7H2,1-3H3. The highest BCUT2D eigenvalue weighted by Gasteiger charge is 2.42. The largest absolute Gasteiger partial charge is 0.391 e. The average molecular weight is 311 g/mol. The second kappa shape index (κ2) is 6.15. The van der Waals surface area contributed by atoms with Crippen molar-refractivity contribution in [3.8, 4) is 6.07 Å². The SMILES string of the molecule is Cc1cc(C)c(C#N)c(N(C)C2CCC(C(F)(F)F)CC2)n1. The number of anilines is 1. The van der Waals surface area contributed by atoms with Crippen LogP contribution in [0.1, 0.15) is 42.5 Å². The molecular weight excluding hydrogens is 291 g/mol. The summed E-state index contributed by atoms with van der Waals surface area (Å²) in [5, 5.41) is 9.32. The molecule has 6 heteroatoms. The maximum Gasteiger partial charge on any atom is 0.391 e. The van der Waals surface area contributed by atoms with Crippen LogP contribution in [-0.4, -0.2) is 24.2 Å². The van der Waals surface area contributed by atoms with Crippen LogP contribution in [0.3, 0.4) is 0 Å². The van der Waals surface area contributed by atoms with E-state index in [-0.39, 0.29) is 18.9 Å². The quantitative estimate of drug-likeness (QED) is 0.824. The molecule has 1 aliphatic rings. The molecule has 1 fully saturated rings. The molecule has 22 heavy (non-hydrogen) atoms. The molecule has 0 radical (unpaired) electrons. The Kier molecular flexibility index (Phi) is 4.64. The number of rotatable bonds is 2. The Morgan fingerprint density at radius 2 is 1.82 bits per heavy atom. The highest BCUT2D eigenvalue weighted by Crippen LogP contribution is 2.39. The van der Waals surface area contributed by atoms with Gasteiger partial charge in [0.2, 0.25) is 0 Å². The molecule has 120 valence electrons. The summed E-state index contributed by atoms with van der Waals surface area (Å²) in [5.41, 5.74) is 2.16. The van der Waals surface area contributed by atoms with Gasteiger partial charge in [-0.05, 0) is 51.2 Å². The van der Waals surface area contributed by atoms with Gasteiger partial charge in [-0.25, -0.2) is 4.98 Å². The molecule has 1 aliphatic carbocycles. The first-order valence-corrected chi connectivity index (χ1v) is 7.42. The molecular formula is C16H20F3N3. The summed E-state index contributed by atoms with van der Waals surface area (Å²) in [6.45, 7) is 3.71. The van der Waals surface area contributed by atoms with Gasteiger partial charge in [-0.2, -0.15) is 18.4 Å². The topological polar surface area (TPSA) is 39.9 Å². The van der Waals surface area contributed by atoms with Crippen LogP contribution in [0, 0.1) is 31.1 Å². The molecule has 1 saturated carbocycles. The molecule has 0 saturated heterocycles. The van der Waals surface area contributed by atoms with Gasteiger partial charge in [-0.15, -0.1) is 0 Å². The van der Waals surface area contributed by atoms with Crippen molar-refractivity contribution in [3.05, 3.63) is 22.9 Å². The van der Waals surface area contributed by atoms with E-state index in [9.17, 15) is 18.4 Å². The van der Waals surface area contributed by atoms with Crippen molar-refractivity contribution in [1.82, 2.24) is 4.98 Å². The van der Waals surface area contributed by atoms with E-state index in [1.165, 1.54) is 0 Å². The molecule has 0 aliphatic heterocycles. The Balaban J connectivity index is 2.17. The zero-order chi connectivity index (χ0) is 16.5. The van der Waals surface area contributed by atoms with Crippen molar-refractivity contribution in [3.63, 3.8) is 0 Å². The fraction of sp³-hybridized carbons (Fsp3) is 0.625. The second-order valence-electron chi connectivity index (χ2n) is 6.05. The zero-order valence-electron chi connectivity index (χ0n) is 13.0. The smallest absolute Gasteiger partial charge is 0.356 e. The third-order valence-corrected chi connectivity index (χ3v) is 4.48. The molecule has 3 nitrogen and oxygen atoms in total. The van der Waals surface area contributed by atoms with E-state index in [1.54, 1.807) is 0 Å². The number of hydrogen-bond donors (Lipinski definition) is 0. The lowest BCUT2D eigenvalue weighted by Gasteiger charge is -2.36. The van der Waals surface area contributed by atoms with Gasteiger partial charge < -0.3 is 4.90 Å². The first-order chi connectivity index (χ1) is 10.2. The fourth-order valence-corrected chi connectivity index (χ4v) is 3.17. The minimum absolute atomic E-state index is 0.000556. The lowest BCUT2D eigenvalue weighted by molar-refractivity contribution is -0.182. The summed E-state index contributed by atoms with van der Waals surface area (Å²) in [5.74, 6) is -0.616. The fourth-order valence-electron chi connectivity index (χ4n) is 3.17. The maximum atomic E-state index is 12.7. The summed E-state index contributed by atoms with van der Waals surface area (Å²) in [7, 11) is 1.82. The van der Waals surface area contributed by atoms with Crippen LogP contribution in [0.2, 0.25) is 0 Å². The van der Waals surface area contributed by atoms with E-state index in [1.807, 2.05) is 31.9 Å². The molecule has 0 atom stereocenters. The average Bonchev–Trinajstić information content (AvgIpc) is 2.45. The molecule has 1 heterocycles. The predicted octanol–water partition coefficient (Wildman–Crippen LogP) is 4.13. The van der Waals surface area contributed by atoms with Gasteiger partial charge in [0.15, 0.2) is 0 Å². The van der Waals surface area contributed by atoms with E-state index < -0.39 is 12.1 Å². The van der Waals surface area contributed by atoms with Crippen molar-refractivity contribution >= 4 is 5.82 Å².